The Bertz CT molecular complexity index is 303. The molecule has 0 aliphatic rings. The van der Waals surface area contributed by atoms with Gasteiger partial charge in [-0.1, -0.05) is 0 Å². The highest BCUT2D eigenvalue weighted by Gasteiger charge is 1.96. The Morgan fingerprint density at radius 1 is 0.423 bits per heavy atom. The number of Topliss-reactive ketones (excluding diaryl/α,β-unsaturated/α-hetero) is 2. The predicted molar refractivity (Wildman–Crippen MR) is 95.5 cm³/mol. The van der Waals surface area contributed by atoms with Crippen LogP contribution in [0.25, 0.3) is 0 Å². The van der Waals surface area contributed by atoms with Crippen LogP contribution in [0.1, 0.15) is 26.7 Å². The second-order valence-corrected chi connectivity index (χ2v) is 5.58. The van der Waals surface area contributed by atoms with Gasteiger partial charge in [0.05, 0.1) is 79.3 Å². The Morgan fingerprint density at radius 3 is 0.808 bits per heavy atom. The molecule has 0 spiro atoms. The van der Waals surface area contributed by atoms with Crippen LogP contribution in [-0.4, -0.2) is 90.8 Å². The minimum Gasteiger partial charge on any atom is -0.379 e. The Kier molecular flexibility index (Phi) is 19.7. The molecule has 0 aromatic heterocycles. The summed E-state index contributed by atoms with van der Waals surface area (Å²) >= 11 is 0. The lowest BCUT2D eigenvalue weighted by molar-refractivity contribution is -0.119. The van der Waals surface area contributed by atoms with Gasteiger partial charge >= 0.3 is 0 Å². The van der Waals surface area contributed by atoms with Crippen LogP contribution >= 0.6 is 0 Å². The zero-order valence-electron chi connectivity index (χ0n) is 16.2. The number of carbonyl (C=O) groups is 2. The molecule has 0 aliphatic carbocycles. The van der Waals surface area contributed by atoms with Crippen molar-refractivity contribution in [2.75, 3.05) is 79.3 Å². The molecule has 0 saturated carbocycles. The average molecular weight is 378 g/mol. The summed E-state index contributed by atoms with van der Waals surface area (Å²) in [5.74, 6) is 0.256. The van der Waals surface area contributed by atoms with Gasteiger partial charge in [0.2, 0.25) is 0 Å². The third kappa shape index (κ3) is 23.1. The molecule has 0 N–H and O–H groups in total. The van der Waals surface area contributed by atoms with E-state index in [-0.39, 0.29) is 11.6 Å². The Morgan fingerprint density at radius 2 is 0.615 bits per heavy atom. The van der Waals surface area contributed by atoms with Crippen LogP contribution in [0.2, 0.25) is 0 Å². The highest BCUT2D eigenvalue weighted by atomic mass is 16.6. The first-order valence-corrected chi connectivity index (χ1v) is 9.08. The van der Waals surface area contributed by atoms with E-state index in [0.717, 1.165) is 0 Å². The third-order valence-corrected chi connectivity index (χ3v) is 3.06. The first-order valence-electron chi connectivity index (χ1n) is 9.08. The summed E-state index contributed by atoms with van der Waals surface area (Å²) in [6, 6.07) is 0. The summed E-state index contributed by atoms with van der Waals surface area (Å²) < 4.78 is 31.8. The maximum atomic E-state index is 10.7. The molecule has 8 heteroatoms. The van der Waals surface area contributed by atoms with Crippen LogP contribution in [0.4, 0.5) is 0 Å². The van der Waals surface area contributed by atoms with E-state index in [2.05, 4.69) is 0 Å². The predicted octanol–water partition coefficient (Wildman–Crippen LogP) is 1.04. The van der Waals surface area contributed by atoms with Crippen molar-refractivity contribution in [3.8, 4) is 0 Å². The number of hydrogen-bond acceptors (Lipinski definition) is 8. The molecule has 0 rings (SSSR count). The van der Waals surface area contributed by atoms with Gasteiger partial charge in [-0.2, -0.15) is 0 Å². The van der Waals surface area contributed by atoms with Crippen LogP contribution in [0, 0.1) is 0 Å². The quantitative estimate of drug-likeness (QED) is 0.274. The van der Waals surface area contributed by atoms with E-state index in [1.54, 1.807) is 13.8 Å². The minimum atomic E-state index is 0.128. The first-order chi connectivity index (χ1) is 12.6. The van der Waals surface area contributed by atoms with E-state index in [1.165, 1.54) is 0 Å². The van der Waals surface area contributed by atoms with E-state index < -0.39 is 0 Å². The van der Waals surface area contributed by atoms with Gasteiger partial charge in [-0.05, 0) is 13.8 Å². The van der Waals surface area contributed by atoms with Gasteiger partial charge in [0.15, 0.2) is 0 Å². The van der Waals surface area contributed by atoms with E-state index in [4.69, 9.17) is 28.4 Å². The molecule has 0 bridgehead atoms. The van der Waals surface area contributed by atoms with Crippen molar-refractivity contribution < 1.29 is 38.0 Å². The molecule has 0 aromatic rings. The maximum absolute atomic E-state index is 10.7. The standard InChI is InChI=1S/C18H34O8/c1-17(19)3-5-21-7-9-23-11-13-25-15-16-26-14-12-24-10-8-22-6-4-18(2)20/h3-16H2,1-2H3. The monoisotopic (exact) mass is 378 g/mol. The Balaban J connectivity index is 3.01. The van der Waals surface area contributed by atoms with Crippen molar-refractivity contribution in [3.05, 3.63) is 0 Å². The lowest BCUT2D eigenvalue weighted by Gasteiger charge is -2.08. The van der Waals surface area contributed by atoms with E-state index in [1.807, 2.05) is 0 Å². The van der Waals surface area contributed by atoms with Crippen LogP contribution in [0.3, 0.4) is 0 Å². The molecule has 154 valence electrons. The van der Waals surface area contributed by atoms with E-state index in [9.17, 15) is 9.59 Å². The second kappa shape index (κ2) is 20.4. The zero-order valence-corrected chi connectivity index (χ0v) is 16.2. The molecule has 0 atom stereocenters. The van der Waals surface area contributed by atoms with E-state index in [0.29, 0.717) is 92.1 Å². The number of ether oxygens (including phenoxy) is 6. The average Bonchev–Trinajstić information content (AvgIpc) is 2.59. The van der Waals surface area contributed by atoms with Gasteiger partial charge in [0.1, 0.15) is 11.6 Å². The van der Waals surface area contributed by atoms with Crippen molar-refractivity contribution in [3.63, 3.8) is 0 Å². The summed E-state index contributed by atoms with van der Waals surface area (Å²) in [6.07, 6.45) is 0.895. The molecule has 0 fully saturated rings. The largest absolute Gasteiger partial charge is 0.379 e. The number of hydrogen-bond donors (Lipinski definition) is 0. The molecule has 0 aromatic carbocycles. The van der Waals surface area contributed by atoms with Crippen LogP contribution in [-0.2, 0) is 38.0 Å². The summed E-state index contributed by atoms with van der Waals surface area (Å²) in [5, 5.41) is 0. The molecular weight excluding hydrogens is 344 g/mol. The van der Waals surface area contributed by atoms with Crippen molar-refractivity contribution in [2.24, 2.45) is 0 Å². The highest BCUT2D eigenvalue weighted by molar-refractivity contribution is 5.75. The molecule has 8 nitrogen and oxygen atoms in total. The van der Waals surface area contributed by atoms with Gasteiger partial charge in [-0.3, -0.25) is 9.59 Å². The molecule has 0 amide bonds. The summed E-state index contributed by atoms with van der Waals surface area (Å²) in [5.41, 5.74) is 0. The number of rotatable bonds is 21. The summed E-state index contributed by atoms with van der Waals surface area (Å²) in [7, 11) is 0. The highest BCUT2D eigenvalue weighted by Crippen LogP contribution is 1.87. The SMILES string of the molecule is CC(=O)CCOCCOCCOCCOCCOCCOCCC(C)=O. The lowest BCUT2D eigenvalue weighted by atomic mass is 10.3. The first kappa shape index (κ1) is 25.1. The van der Waals surface area contributed by atoms with Gasteiger partial charge in [-0.15, -0.1) is 0 Å². The molecule has 0 heterocycles. The lowest BCUT2D eigenvalue weighted by Crippen LogP contribution is -2.14. The smallest absolute Gasteiger partial charge is 0.132 e. The Labute approximate surface area is 156 Å². The van der Waals surface area contributed by atoms with Crippen LogP contribution in [0.5, 0.6) is 0 Å². The maximum Gasteiger partial charge on any atom is 0.132 e. The summed E-state index contributed by atoms with van der Waals surface area (Å²) in [6.45, 7) is 8.97. The van der Waals surface area contributed by atoms with Gasteiger partial charge in [0, 0.05) is 12.8 Å². The fourth-order valence-electron chi connectivity index (χ4n) is 1.63. The fraction of sp³-hybridized carbons (Fsp3) is 0.889. The van der Waals surface area contributed by atoms with Gasteiger partial charge < -0.3 is 28.4 Å². The van der Waals surface area contributed by atoms with Crippen molar-refractivity contribution in [2.45, 2.75) is 26.7 Å². The molecule has 0 unspecified atom stereocenters. The van der Waals surface area contributed by atoms with E-state index >= 15 is 0 Å². The number of carbonyl (C=O) groups excluding carboxylic acids is 2. The second-order valence-electron chi connectivity index (χ2n) is 5.58. The number of ketones is 2. The third-order valence-electron chi connectivity index (χ3n) is 3.06. The molecule has 0 aliphatic heterocycles. The van der Waals surface area contributed by atoms with Crippen molar-refractivity contribution >= 4 is 11.6 Å². The molecular formula is C18H34O8. The molecule has 0 saturated heterocycles. The molecule has 0 radical (unpaired) electrons. The van der Waals surface area contributed by atoms with Crippen LogP contribution in [0.15, 0.2) is 0 Å². The van der Waals surface area contributed by atoms with Crippen molar-refractivity contribution in [1.29, 1.82) is 0 Å². The Hall–Kier alpha value is -0.900. The van der Waals surface area contributed by atoms with Gasteiger partial charge in [0.25, 0.3) is 0 Å². The zero-order chi connectivity index (χ0) is 19.3. The van der Waals surface area contributed by atoms with Gasteiger partial charge in [-0.25, -0.2) is 0 Å². The minimum absolute atomic E-state index is 0.128. The van der Waals surface area contributed by atoms with Crippen molar-refractivity contribution in [1.82, 2.24) is 0 Å². The topological polar surface area (TPSA) is 89.5 Å². The fourth-order valence-corrected chi connectivity index (χ4v) is 1.63. The molecule has 26 heavy (non-hydrogen) atoms. The van der Waals surface area contributed by atoms with Crippen LogP contribution < -0.4 is 0 Å². The normalized spacial score (nSPS) is 11.0. The summed E-state index contributed by atoms with van der Waals surface area (Å²) in [4.78, 5) is 21.4.